The van der Waals surface area contributed by atoms with Gasteiger partial charge in [-0.25, -0.2) is 4.79 Å². The summed E-state index contributed by atoms with van der Waals surface area (Å²) in [6, 6.07) is 8.02. The van der Waals surface area contributed by atoms with E-state index in [0.29, 0.717) is 12.0 Å². The highest BCUT2D eigenvalue weighted by atomic mass is 16.8. The molecule has 1 saturated heterocycles. The molecule has 1 aromatic heterocycles. The number of hydrogen-bond acceptors (Lipinski definition) is 10. The first kappa shape index (κ1) is 26.8. The standard InChI is InChI=1S/C27H34N2O9/c1-3-13-16(10-19-21-15(8-9-28-19)14-6-4-5-7-18(14)29-21)17(25(34)35-2)12-36-26(13)38-27-24(33)23(32)22(31)20(11-30)37-27/h3-7,12-13,16,19-20,22-24,26-33H,1,8-11H2,2H3/t13-,16?,19+,20-,22-,23+,24-,26+,27+/m1/s1. The Bertz CT molecular complexity index is 1190. The molecule has 206 valence electrons. The number of methoxy groups -OCH3 is 1. The van der Waals surface area contributed by atoms with Crippen molar-refractivity contribution in [3.05, 3.63) is 60.0 Å². The van der Waals surface area contributed by atoms with Crippen molar-refractivity contribution in [2.75, 3.05) is 20.3 Å². The summed E-state index contributed by atoms with van der Waals surface area (Å²) in [5.74, 6) is -1.56. The van der Waals surface area contributed by atoms with E-state index in [-0.39, 0.29) is 6.04 Å². The Balaban J connectivity index is 1.43. The molecule has 3 aliphatic rings. The number of carbonyl (C=O) groups excluding carboxylic acids is 1. The molecule has 0 amide bonds. The number of aromatic nitrogens is 1. The fraction of sp³-hybridized carbons (Fsp3) is 0.519. The van der Waals surface area contributed by atoms with Crippen LogP contribution in [0.25, 0.3) is 10.9 Å². The van der Waals surface area contributed by atoms with Crippen molar-refractivity contribution < 1.29 is 44.2 Å². The lowest BCUT2D eigenvalue weighted by Crippen LogP contribution is -2.60. The summed E-state index contributed by atoms with van der Waals surface area (Å²) in [6.07, 6.45) is -4.03. The third-order valence-electron chi connectivity index (χ3n) is 7.77. The number of aliphatic hydroxyl groups excluding tert-OH is 4. The molecule has 2 aromatic rings. The number of para-hydroxylation sites is 1. The van der Waals surface area contributed by atoms with Gasteiger partial charge < -0.3 is 49.7 Å². The molecule has 6 N–H and O–H groups in total. The number of fused-ring (bicyclic) bond motifs is 3. The molecule has 3 aliphatic heterocycles. The topological polar surface area (TPSA) is 163 Å². The Morgan fingerprint density at radius 3 is 2.71 bits per heavy atom. The zero-order valence-electron chi connectivity index (χ0n) is 21.0. The second-order valence-corrected chi connectivity index (χ2v) is 9.88. The maximum atomic E-state index is 12.7. The predicted molar refractivity (Wildman–Crippen MR) is 134 cm³/mol. The zero-order valence-corrected chi connectivity index (χ0v) is 21.0. The summed E-state index contributed by atoms with van der Waals surface area (Å²) in [5.41, 5.74) is 3.66. The molecule has 0 saturated carbocycles. The van der Waals surface area contributed by atoms with E-state index in [1.165, 1.54) is 24.3 Å². The van der Waals surface area contributed by atoms with E-state index in [1.54, 1.807) is 6.08 Å². The highest BCUT2D eigenvalue weighted by Crippen LogP contribution is 2.42. The second kappa shape index (κ2) is 11.1. The fourth-order valence-corrected chi connectivity index (χ4v) is 5.74. The lowest BCUT2D eigenvalue weighted by molar-refractivity contribution is -0.339. The third kappa shape index (κ3) is 4.75. The van der Waals surface area contributed by atoms with Gasteiger partial charge in [-0.05, 0) is 31.0 Å². The minimum atomic E-state index is -1.60. The molecule has 1 aromatic carbocycles. The van der Waals surface area contributed by atoms with Crippen LogP contribution >= 0.6 is 0 Å². The van der Waals surface area contributed by atoms with Crippen molar-refractivity contribution in [1.29, 1.82) is 0 Å². The Hall–Kier alpha value is -2.77. The molecule has 0 aliphatic carbocycles. The van der Waals surface area contributed by atoms with Gasteiger partial charge in [0.1, 0.15) is 24.4 Å². The summed E-state index contributed by atoms with van der Waals surface area (Å²) in [4.78, 5) is 16.3. The van der Waals surface area contributed by atoms with Gasteiger partial charge >= 0.3 is 5.97 Å². The first-order valence-corrected chi connectivity index (χ1v) is 12.7. The number of benzene rings is 1. The smallest absolute Gasteiger partial charge is 0.337 e. The Morgan fingerprint density at radius 1 is 1.18 bits per heavy atom. The van der Waals surface area contributed by atoms with Crippen molar-refractivity contribution in [2.24, 2.45) is 11.8 Å². The molecule has 9 atom stereocenters. The van der Waals surface area contributed by atoms with Gasteiger partial charge in [0.25, 0.3) is 0 Å². The Kier molecular flexibility index (Phi) is 7.87. The number of carbonyl (C=O) groups is 1. The molecule has 1 unspecified atom stereocenters. The molecule has 5 rings (SSSR count). The number of aliphatic hydroxyl groups is 4. The number of hydrogen-bond donors (Lipinski definition) is 6. The van der Waals surface area contributed by atoms with Gasteiger partial charge in [0.15, 0.2) is 6.29 Å². The average molecular weight is 531 g/mol. The third-order valence-corrected chi connectivity index (χ3v) is 7.77. The highest BCUT2D eigenvalue weighted by molar-refractivity contribution is 5.89. The molecule has 0 radical (unpaired) electrons. The Morgan fingerprint density at radius 2 is 1.97 bits per heavy atom. The molecule has 4 heterocycles. The normalized spacial score (nSPS) is 35.2. The van der Waals surface area contributed by atoms with Gasteiger partial charge in [-0.3, -0.25) is 0 Å². The Labute approximate surface area is 219 Å². The van der Waals surface area contributed by atoms with Crippen LogP contribution in [0.5, 0.6) is 0 Å². The van der Waals surface area contributed by atoms with Crippen LogP contribution in [0, 0.1) is 11.8 Å². The second-order valence-electron chi connectivity index (χ2n) is 9.88. The maximum absolute atomic E-state index is 12.7. The molecule has 11 nitrogen and oxygen atoms in total. The maximum Gasteiger partial charge on any atom is 0.337 e. The quantitative estimate of drug-likeness (QED) is 0.218. The van der Waals surface area contributed by atoms with Crippen LogP contribution in [0.3, 0.4) is 0 Å². The summed E-state index contributed by atoms with van der Waals surface area (Å²) >= 11 is 0. The fourth-order valence-electron chi connectivity index (χ4n) is 5.74. The SMILES string of the molecule is C=C[C@@H]1C(C[C@@H]2NCCc3c2[nH]c2ccccc32)C(C(=O)OC)=CO[C@H]1O[C@@H]1O[C@H](CO)[C@@H](O)[C@H](O)[C@H]1O. The van der Waals surface area contributed by atoms with Crippen LogP contribution in [0.4, 0.5) is 0 Å². The largest absolute Gasteiger partial charge is 0.471 e. The van der Waals surface area contributed by atoms with E-state index in [4.69, 9.17) is 18.9 Å². The van der Waals surface area contributed by atoms with E-state index >= 15 is 0 Å². The molecule has 38 heavy (non-hydrogen) atoms. The van der Waals surface area contributed by atoms with E-state index in [1.807, 2.05) is 18.2 Å². The summed E-state index contributed by atoms with van der Waals surface area (Å²) in [6.45, 7) is 4.13. The van der Waals surface area contributed by atoms with Gasteiger partial charge in [-0.1, -0.05) is 24.3 Å². The van der Waals surface area contributed by atoms with Gasteiger partial charge in [0.2, 0.25) is 6.29 Å². The number of ether oxygens (including phenoxy) is 4. The molecule has 11 heteroatoms. The first-order chi connectivity index (χ1) is 18.4. The summed E-state index contributed by atoms with van der Waals surface area (Å²) in [7, 11) is 1.30. The van der Waals surface area contributed by atoms with Gasteiger partial charge in [-0.2, -0.15) is 0 Å². The highest BCUT2D eigenvalue weighted by Gasteiger charge is 2.48. The molecule has 1 fully saturated rings. The van der Waals surface area contributed by atoms with Crippen molar-refractivity contribution in [1.82, 2.24) is 10.3 Å². The minimum absolute atomic E-state index is 0.113. The molecule has 0 spiro atoms. The zero-order chi connectivity index (χ0) is 27.0. The number of nitrogens with one attached hydrogen (secondary N) is 2. The van der Waals surface area contributed by atoms with Crippen LogP contribution in [-0.2, 0) is 30.2 Å². The monoisotopic (exact) mass is 530 g/mol. The summed E-state index contributed by atoms with van der Waals surface area (Å²) < 4.78 is 22.2. The number of esters is 1. The average Bonchev–Trinajstić information content (AvgIpc) is 3.33. The van der Waals surface area contributed by atoms with E-state index in [9.17, 15) is 25.2 Å². The lowest BCUT2D eigenvalue weighted by Gasteiger charge is -2.43. The van der Waals surface area contributed by atoms with Gasteiger partial charge in [0.05, 0.1) is 25.6 Å². The van der Waals surface area contributed by atoms with E-state index in [0.717, 1.165) is 24.2 Å². The van der Waals surface area contributed by atoms with Crippen LogP contribution in [-0.4, -0.2) is 88.6 Å². The van der Waals surface area contributed by atoms with Crippen molar-refractivity contribution >= 4 is 16.9 Å². The molecule has 0 bridgehead atoms. The van der Waals surface area contributed by atoms with E-state index < -0.39 is 61.4 Å². The first-order valence-electron chi connectivity index (χ1n) is 12.7. The van der Waals surface area contributed by atoms with Crippen LogP contribution in [0.15, 0.2) is 48.8 Å². The molecular formula is C27H34N2O9. The molecular weight excluding hydrogens is 496 g/mol. The van der Waals surface area contributed by atoms with Gasteiger partial charge in [0, 0.05) is 34.5 Å². The van der Waals surface area contributed by atoms with E-state index in [2.05, 4.69) is 22.9 Å². The predicted octanol–water partition coefficient (Wildman–Crippen LogP) is 0.393. The lowest BCUT2D eigenvalue weighted by atomic mass is 9.78. The van der Waals surface area contributed by atoms with Crippen molar-refractivity contribution in [3.8, 4) is 0 Å². The van der Waals surface area contributed by atoms with Crippen LogP contribution in [0.1, 0.15) is 23.7 Å². The van der Waals surface area contributed by atoms with Crippen LogP contribution in [0.2, 0.25) is 0 Å². The van der Waals surface area contributed by atoms with Gasteiger partial charge in [-0.15, -0.1) is 6.58 Å². The summed E-state index contributed by atoms with van der Waals surface area (Å²) in [5, 5.41) is 45.0. The minimum Gasteiger partial charge on any atom is -0.471 e. The van der Waals surface area contributed by atoms with Crippen molar-refractivity contribution in [3.63, 3.8) is 0 Å². The van der Waals surface area contributed by atoms with Crippen molar-refractivity contribution in [2.45, 2.75) is 55.9 Å². The van der Waals surface area contributed by atoms with Crippen LogP contribution < -0.4 is 5.32 Å². The number of rotatable bonds is 7. The number of H-pyrrole nitrogens is 1. The number of aromatic amines is 1.